The first kappa shape index (κ1) is 17.6. The van der Waals surface area contributed by atoms with Crippen molar-refractivity contribution >= 4 is 29.3 Å². The number of benzene rings is 1. The minimum absolute atomic E-state index is 0.0174. The van der Waals surface area contributed by atoms with Crippen LogP contribution in [-0.2, 0) is 9.53 Å². The Morgan fingerprint density at radius 1 is 1.36 bits per heavy atom. The number of rotatable bonds is 6. The van der Waals surface area contributed by atoms with Crippen LogP contribution in [0, 0.1) is 0 Å². The smallest absolute Gasteiger partial charge is 0.249 e. The molecule has 0 aliphatic carbocycles. The van der Waals surface area contributed by atoms with Crippen molar-refractivity contribution in [1.29, 1.82) is 0 Å². The lowest BCUT2D eigenvalue weighted by Gasteiger charge is -2.41. The fourth-order valence-electron chi connectivity index (χ4n) is 2.68. The van der Waals surface area contributed by atoms with Gasteiger partial charge in [-0.15, -0.1) is 0 Å². The molecule has 2 rings (SSSR count). The second kappa shape index (κ2) is 8.23. The van der Waals surface area contributed by atoms with E-state index in [1.165, 1.54) is 0 Å². The SMILES string of the molecule is CC[C@@H](CSC(C)C)N1C(=O)COC[C@H]1c1ccc(Cl)cc1. The summed E-state index contributed by atoms with van der Waals surface area (Å²) < 4.78 is 5.50. The summed E-state index contributed by atoms with van der Waals surface area (Å²) in [5.41, 5.74) is 1.09. The summed E-state index contributed by atoms with van der Waals surface area (Å²) in [6, 6.07) is 7.95. The van der Waals surface area contributed by atoms with Gasteiger partial charge in [-0.3, -0.25) is 4.79 Å². The molecule has 0 unspecified atom stereocenters. The number of hydrogen-bond acceptors (Lipinski definition) is 3. The van der Waals surface area contributed by atoms with Crippen LogP contribution < -0.4 is 0 Å². The predicted octanol–water partition coefficient (Wildman–Crippen LogP) is 4.16. The number of nitrogens with zero attached hydrogens (tertiary/aromatic N) is 1. The van der Waals surface area contributed by atoms with E-state index < -0.39 is 0 Å². The van der Waals surface area contributed by atoms with Crippen molar-refractivity contribution in [2.45, 2.75) is 44.5 Å². The molecule has 0 aromatic heterocycles. The number of hydrogen-bond donors (Lipinski definition) is 0. The van der Waals surface area contributed by atoms with Crippen molar-refractivity contribution in [3.05, 3.63) is 34.9 Å². The molecule has 122 valence electrons. The maximum atomic E-state index is 12.5. The van der Waals surface area contributed by atoms with Crippen LogP contribution in [0.5, 0.6) is 0 Å². The molecule has 0 N–H and O–H groups in total. The second-order valence-electron chi connectivity index (χ2n) is 5.83. The monoisotopic (exact) mass is 341 g/mol. The van der Waals surface area contributed by atoms with Crippen LogP contribution >= 0.6 is 23.4 Å². The van der Waals surface area contributed by atoms with Crippen LogP contribution in [-0.4, -0.2) is 41.1 Å². The molecular formula is C17H24ClNO2S. The van der Waals surface area contributed by atoms with Gasteiger partial charge in [-0.05, 0) is 29.4 Å². The first-order chi connectivity index (χ1) is 10.5. The van der Waals surface area contributed by atoms with Crippen LogP contribution in [0.4, 0.5) is 0 Å². The molecule has 1 aromatic carbocycles. The van der Waals surface area contributed by atoms with Gasteiger partial charge in [0.25, 0.3) is 0 Å². The lowest BCUT2D eigenvalue weighted by atomic mass is 10.0. The Balaban J connectivity index is 2.21. The van der Waals surface area contributed by atoms with Gasteiger partial charge in [0.2, 0.25) is 5.91 Å². The molecule has 0 spiro atoms. The molecule has 1 amide bonds. The van der Waals surface area contributed by atoms with Gasteiger partial charge < -0.3 is 9.64 Å². The molecule has 22 heavy (non-hydrogen) atoms. The first-order valence-electron chi connectivity index (χ1n) is 7.78. The number of halogens is 1. The molecule has 1 aromatic rings. The summed E-state index contributed by atoms with van der Waals surface area (Å²) in [6.07, 6.45) is 0.954. The molecule has 0 bridgehead atoms. The summed E-state index contributed by atoms with van der Waals surface area (Å²) >= 11 is 7.88. The molecule has 1 fully saturated rings. The van der Waals surface area contributed by atoms with Crippen LogP contribution in [0.15, 0.2) is 24.3 Å². The Morgan fingerprint density at radius 2 is 2.05 bits per heavy atom. The van der Waals surface area contributed by atoms with Gasteiger partial charge in [0, 0.05) is 16.8 Å². The third-order valence-electron chi connectivity index (χ3n) is 3.87. The number of morpholine rings is 1. The van der Waals surface area contributed by atoms with Crippen LogP contribution in [0.3, 0.4) is 0 Å². The molecule has 1 aliphatic heterocycles. The fraction of sp³-hybridized carbons (Fsp3) is 0.588. The van der Waals surface area contributed by atoms with E-state index in [2.05, 4.69) is 20.8 Å². The quantitative estimate of drug-likeness (QED) is 0.778. The summed E-state index contributed by atoms with van der Waals surface area (Å²) in [7, 11) is 0. The molecule has 0 radical (unpaired) electrons. The molecular weight excluding hydrogens is 318 g/mol. The number of thioether (sulfide) groups is 1. The Morgan fingerprint density at radius 3 is 2.64 bits per heavy atom. The van der Waals surface area contributed by atoms with Crippen LogP contribution in [0.2, 0.25) is 5.02 Å². The largest absolute Gasteiger partial charge is 0.369 e. The first-order valence-corrected chi connectivity index (χ1v) is 9.21. The third kappa shape index (κ3) is 4.40. The molecule has 5 heteroatoms. The standard InChI is InChI=1S/C17H24ClNO2S/c1-4-15(11-22-12(2)3)19-16(9-21-10-17(19)20)13-5-7-14(18)8-6-13/h5-8,12,15-16H,4,9-11H2,1-3H3/t15-,16-/m0/s1. The van der Waals surface area contributed by atoms with Crippen molar-refractivity contribution in [2.24, 2.45) is 0 Å². The molecule has 1 saturated heterocycles. The Bertz CT molecular complexity index is 492. The molecule has 1 aliphatic rings. The lowest BCUT2D eigenvalue weighted by molar-refractivity contribution is -0.151. The van der Waals surface area contributed by atoms with Crippen molar-refractivity contribution in [1.82, 2.24) is 4.90 Å². The summed E-state index contributed by atoms with van der Waals surface area (Å²) in [6.45, 7) is 7.26. The zero-order valence-corrected chi connectivity index (χ0v) is 15.0. The second-order valence-corrected chi connectivity index (χ2v) is 7.87. The van der Waals surface area contributed by atoms with Crippen molar-refractivity contribution in [2.75, 3.05) is 19.0 Å². The highest BCUT2D eigenvalue weighted by Gasteiger charge is 2.34. The Labute approximate surface area is 142 Å². The zero-order valence-electron chi connectivity index (χ0n) is 13.4. The van der Waals surface area contributed by atoms with Crippen molar-refractivity contribution < 1.29 is 9.53 Å². The lowest BCUT2D eigenvalue weighted by Crippen LogP contribution is -2.50. The number of carbonyl (C=O) groups is 1. The summed E-state index contributed by atoms with van der Waals surface area (Å²) in [5.74, 6) is 1.05. The molecule has 2 atom stereocenters. The van der Waals surface area contributed by atoms with E-state index >= 15 is 0 Å². The molecule has 0 saturated carbocycles. The fourth-order valence-corrected chi connectivity index (χ4v) is 3.81. The summed E-state index contributed by atoms with van der Waals surface area (Å²) in [5, 5.41) is 1.28. The van der Waals surface area contributed by atoms with Gasteiger partial charge in [0.15, 0.2) is 0 Å². The van der Waals surface area contributed by atoms with E-state index in [9.17, 15) is 4.79 Å². The highest BCUT2D eigenvalue weighted by Crippen LogP contribution is 2.30. The number of carbonyl (C=O) groups excluding carboxylic acids is 1. The minimum atomic E-state index is -0.0174. The van der Waals surface area contributed by atoms with Gasteiger partial charge in [-0.2, -0.15) is 11.8 Å². The molecule has 1 heterocycles. The average Bonchev–Trinajstić information content (AvgIpc) is 2.49. The van der Waals surface area contributed by atoms with E-state index in [1.54, 1.807) is 0 Å². The third-order valence-corrected chi connectivity index (χ3v) is 5.36. The van der Waals surface area contributed by atoms with Gasteiger partial charge >= 0.3 is 0 Å². The Hall–Kier alpha value is -0.710. The van der Waals surface area contributed by atoms with E-state index in [0.717, 1.165) is 17.7 Å². The van der Waals surface area contributed by atoms with Crippen LogP contribution in [0.1, 0.15) is 38.8 Å². The highest BCUT2D eigenvalue weighted by molar-refractivity contribution is 7.99. The van der Waals surface area contributed by atoms with E-state index in [-0.39, 0.29) is 24.6 Å². The highest BCUT2D eigenvalue weighted by atomic mass is 35.5. The number of amides is 1. The molecule has 3 nitrogen and oxygen atoms in total. The Kier molecular flexibility index (Phi) is 6.60. The summed E-state index contributed by atoms with van der Waals surface area (Å²) in [4.78, 5) is 14.5. The van der Waals surface area contributed by atoms with E-state index in [1.807, 2.05) is 40.9 Å². The zero-order chi connectivity index (χ0) is 16.1. The normalized spacial score (nSPS) is 20.5. The van der Waals surface area contributed by atoms with Gasteiger partial charge in [0.05, 0.1) is 12.6 Å². The minimum Gasteiger partial charge on any atom is -0.369 e. The number of ether oxygens (including phenoxy) is 1. The van der Waals surface area contributed by atoms with Gasteiger partial charge in [-0.1, -0.05) is 44.5 Å². The van der Waals surface area contributed by atoms with Crippen LogP contribution in [0.25, 0.3) is 0 Å². The van der Waals surface area contributed by atoms with Crippen molar-refractivity contribution in [3.8, 4) is 0 Å². The maximum Gasteiger partial charge on any atom is 0.249 e. The van der Waals surface area contributed by atoms with E-state index in [4.69, 9.17) is 16.3 Å². The maximum absolute atomic E-state index is 12.5. The average molecular weight is 342 g/mol. The predicted molar refractivity (Wildman–Crippen MR) is 93.5 cm³/mol. The van der Waals surface area contributed by atoms with Gasteiger partial charge in [0.1, 0.15) is 6.61 Å². The van der Waals surface area contributed by atoms with Gasteiger partial charge in [-0.25, -0.2) is 0 Å². The van der Waals surface area contributed by atoms with Crippen molar-refractivity contribution in [3.63, 3.8) is 0 Å². The topological polar surface area (TPSA) is 29.5 Å². The van der Waals surface area contributed by atoms with E-state index in [0.29, 0.717) is 16.9 Å².